The van der Waals surface area contributed by atoms with E-state index >= 15 is 0 Å². The quantitative estimate of drug-likeness (QED) is 0.539. The average Bonchev–Trinajstić information content (AvgIpc) is 2.68. The molecule has 3 nitrogen and oxygen atoms in total. The third-order valence-electron chi connectivity index (χ3n) is 4.86. The topological polar surface area (TPSA) is 46.5 Å². The van der Waals surface area contributed by atoms with Crippen LogP contribution >= 0.6 is 11.6 Å². The number of benzene rings is 3. The lowest BCUT2D eigenvalue weighted by molar-refractivity contribution is -0.161. The molecule has 1 unspecified atom stereocenters. The van der Waals surface area contributed by atoms with Crippen molar-refractivity contribution in [3.8, 4) is 5.75 Å². The first-order chi connectivity index (χ1) is 13.4. The van der Waals surface area contributed by atoms with E-state index in [2.05, 4.69) is 0 Å². The van der Waals surface area contributed by atoms with Crippen LogP contribution in [0.4, 0.5) is 0 Å². The Balaban J connectivity index is 2.16. The summed E-state index contributed by atoms with van der Waals surface area (Å²) in [6.07, 6.45) is 0.566. The molecular weight excluding hydrogens is 372 g/mol. The Morgan fingerprint density at radius 2 is 1.61 bits per heavy atom. The number of carbonyl (C=O) groups is 1. The van der Waals surface area contributed by atoms with Crippen LogP contribution in [0.3, 0.4) is 0 Å². The minimum absolute atomic E-state index is 0.319. The molecule has 1 N–H and O–H groups in total. The van der Waals surface area contributed by atoms with Crippen molar-refractivity contribution in [1.29, 1.82) is 0 Å². The third-order valence-corrected chi connectivity index (χ3v) is 5.09. The maximum absolute atomic E-state index is 12.6. The first kappa shape index (κ1) is 20.0. The largest absolute Gasteiger partial charge is 0.478 e. The van der Waals surface area contributed by atoms with Gasteiger partial charge in [-0.25, -0.2) is 4.79 Å². The van der Waals surface area contributed by atoms with Gasteiger partial charge in [-0.05, 0) is 41.8 Å². The second-order valence-corrected chi connectivity index (χ2v) is 7.51. The van der Waals surface area contributed by atoms with Crippen LogP contribution in [0.1, 0.15) is 30.5 Å². The molecule has 4 heteroatoms. The molecule has 0 saturated heterocycles. The van der Waals surface area contributed by atoms with Gasteiger partial charge < -0.3 is 9.84 Å². The van der Waals surface area contributed by atoms with Crippen molar-refractivity contribution < 1.29 is 14.6 Å². The molecular formula is C24H23ClO3. The van der Waals surface area contributed by atoms with Crippen LogP contribution in [-0.4, -0.2) is 11.1 Å². The first-order valence-corrected chi connectivity index (χ1v) is 9.61. The van der Waals surface area contributed by atoms with Crippen LogP contribution in [0.25, 0.3) is 0 Å². The Morgan fingerprint density at radius 1 is 1.00 bits per heavy atom. The number of halogens is 1. The van der Waals surface area contributed by atoms with Crippen molar-refractivity contribution in [1.82, 2.24) is 0 Å². The summed E-state index contributed by atoms with van der Waals surface area (Å²) in [6.45, 7) is 3.72. The zero-order valence-corrected chi connectivity index (χ0v) is 16.7. The number of carboxylic acid groups (broad SMARTS) is 1. The van der Waals surface area contributed by atoms with E-state index < -0.39 is 11.6 Å². The zero-order valence-electron chi connectivity index (χ0n) is 15.9. The van der Waals surface area contributed by atoms with E-state index in [1.807, 2.05) is 68.4 Å². The fourth-order valence-electron chi connectivity index (χ4n) is 3.45. The molecule has 144 valence electrons. The van der Waals surface area contributed by atoms with Crippen molar-refractivity contribution in [2.45, 2.75) is 25.9 Å². The highest BCUT2D eigenvalue weighted by atomic mass is 35.5. The molecule has 1 atom stereocenters. The maximum Gasteiger partial charge on any atom is 0.353 e. The molecule has 0 radical (unpaired) electrons. The monoisotopic (exact) mass is 394 g/mol. The Bertz CT molecular complexity index is 939. The van der Waals surface area contributed by atoms with Crippen LogP contribution < -0.4 is 4.74 Å². The van der Waals surface area contributed by atoms with Gasteiger partial charge in [0.1, 0.15) is 5.75 Å². The summed E-state index contributed by atoms with van der Waals surface area (Å²) < 4.78 is 6.19. The minimum atomic E-state index is -1.53. The molecule has 0 aliphatic carbocycles. The highest BCUT2D eigenvalue weighted by Gasteiger charge is 2.47. The summed E-state index contributed by atoms with van der Waals surface area (Å²) in [5.41, 5.74) is 1.00. The molecule has 0 bridgehead atoms. The van der Waals surface area contributed by atoms with Crippen LogP contribution in [0.5, 0.6) is 5.75 Å². The summed E-state index contributed by atoms with van der Waals surface area (Å²) in [6, 6.07) is 24.3. The summed E-state index contributed by atoms with van der Waals surface area (Å²) in [5, 5.41) is 10.9. The average molecular weight is 395 g/mol. The summed E-state index contributed by atoms with van der Waals surface area (Å²) >= 11 is 6.26. The van der Waals surface area contributed by atoms with Crippen molar-refractivity contribution >= 4 is 17.6 Å². The van der Waals surface area contributed by atoms with Gasteiger partial charge in [0.15, 0.2) is 0 Å². The predicted molar refractivity (Wildman–Crippen MR) is 112 cm³/mol. The number of aliphatic carboxylic acids is 1. The van der Waals surface area contributed by atoms with Gasteiger partial charge in [-0.3, -0.25) is 0 Å². The van der Waals surface area contributed by atoms with Crippen molar-refractivity contribution in [2.75, 3.05) is 0 Å². The van der Waals surface area contributed by atoms with Gasteiger partial charge in [-0.15, -0.1) is 0 Å². The number of para-hydroxylation sites is 1. The first-order valence-electron chi connectivity index (χ1n) is 9.23. The summed E-state index contributed by atoms with van der Waals surface area (Å²) in [7, 11) is 0. The van der Waals surface area contributed by atoms with Gasteiger partial charge in [0, 0.05) is 16.5 Å². The molecule has 3 aromatic rings. The molecule has 0 spiro atoms. The smallest absolute Gasteiger partial charge is 0.353 e. The Labute approximate surface area is 170 Å². The summed E-state index contributed by atoms with van der Waals surface area (Å²) in [4.78, 5) is 12.6. The van der Waals surface area contributed by atoms with E-state index in [0.29, 0.717) is 22.8 Å². The van der Waals surface area contributed by atoms with Gasteiger partial charge in [-0.2, -0.15) is 0 Å². The number of carboxylic acids is 1. The zero-order chi connectivity index (χ0) is 20.1. The molecule has 0 aliphatic heterocycles. The van der Waals surface area contributed by atoms with Crippen molar-refractivity contribution in [2.24, 2.45) is 5.92 Å². The molecule has 0 aromatic heterocycles. The van der Waals surface area contributed by atoms with Crippen LogP contribution in [0, 0.1) is 5.92 Å². The number of rotatable bonds is 7. The fourth-order valence-corrected chi connectivity index (χ4v) is 3.65. The van der Waals surface area contributed by atoms with Crippen LogP contribution in [0.15, 0.2) is 78.9 Å². The lowest BCUT2D eigenvalue weighted by Gasteiger charge is -2.36. The lowest BCUT2D eigenvalue weighted by atomic mass is 9.79. The molecule has 0 aliphatic rings. The van der Waals surface area contributed by atoms with Gasteiger partial charge >= 0.3 is 5.97 Å². The SMILES string of the molecule is CC(C)C(Oc1ccccc1)(C(=O)O)c1ccc(Cl)cc1Cc1ccccc1. The van der Waals surface area contributed by atoms with E-state index in [1.54, 1.807) is 24.3 Å². The van der Waals surface area contributed by atoms with Gasteiger partial charge in [0.25, 0.3) is 0 Å². The molecule has 3 rings (SSSR count). The normalized spacial score (nSPS) is 13.1. The predicted octanol–water partition coefficient (Wildman–Crippen LogP) is 5.95. The highest BCUT2D eigenvalue weighted by Crippen LogP contribution is 2.39. The molecule has 0 saturated carbocycles. The Kier molecular flexibility index (Phi) is 6.05. The van der Waals surface area contributed by atoms with E-state index in [1.165, 1.54) is 0 Å². The third kappa shape index (κ3) is 4.05. The number of hydrogen-bond acceptors (Lipinski definition) is 2. The highest BCUT2D eigenvalue weighted by molar-refractivity contribution is 6.30. The molecule has 28 heavy (non-hydrogen) atoms. The molecule has 0 fully saturated rings. The van der Waals surface area contributed by atoms with Gasteiger partial charge in [-0.1, -0.05) is 80.0 Å². The molecule has 3 aromatic carbocycles. The summed E-state index contributed by atoms with van der Waals surface area (Å²) in [5.74, 6) is -0.830. The van der Waals surface area contributed by atoms with Crippen LogP contribution in [0.2, 0.25) is 5.02 Å². The number of ether oxygens (including phenoxy) is 1. The van der Waals surface area contributed by atoms with E-state index in [4.69, 9.17) is 16.3 Å². The van der Waals surface area contributed by atoms with E-state index in [0.717, 1.165) is 11.1 Å². The van der Waals surface area contributed by atoms with E-state index in [9.17, 15) is 9.90 Å². The standard InChI is InChI=1S/C24H23ClO3/c1-17(2)24(23(26)27,28-21-11-7-4-8-12-21)22-14-13-20(25)16-19(22)15-18-9-5-3-6-10-18/h3-14,16-17H,15H2,1-2H3,(H,26,27). The maximum atomic E-state index is 12.6. The van der Waals surface area contributed by atoms with Gasteiger partial charge in [0.05, 0.1) is 0 Å². The van der Waals surface area contributed by atoms with Crippen molar-refractivity contribution in [3.05, 3.63) is 101 Å². The fraction of sp³-hybridized carbons (Fsp3) is 0.208. The van der Waals surface area contributed by atoms with Crippen LogP contribution in [-0.2, 0) is 16.8 Å². The van der Waals surface area contributed by atoms with Gasteiger partial charge in [0.2, 0.25) is 5.60 Å². The molecule has 0 amide bonds. The molecule has 0 heterocycles. The second kappa shape index (κ2) is 8.49. The minimum Gasteiger partial charge on any atom is -0.478 e. The van der Waals surface area contributed by atoms with Crippen molar-refractivity contribution in [3.63, 3.8) is 0 Å². The number of hydrogen-bond donors (Lipinski definition) is 1. The Morgan fingerprint density at radius 3 is 2.18 bits per heavy atom. The Hall–Kier alpha value is -2.78. The second-order valence-electron chi connectivity index (χ2n) is 7.07. The van der Waals surface area contributed by atoms with E-state index in [-0.39, 0.29) is 5.92 Å². The lowest BCUT2D eigenvalue weighted by Crippen LogP contribution is -2.47.